The molecule has 0 saturated carbocycles. The molecule has 98 valence electrons. The van der Waals surface area contributed by atoms with E-state index < -0.39 is 0 Å². The summed E-state index contributed by atoms with van der Waals surface area (Å²) in [4.78, 5) is 0. The van der Waals surface area contributed by atoms with Crippen LogP contribution in [0.4, 0.5) is 0 Å². The third kappa shape index (κ3) is 5.20. The van der Waals surface area contributed by atoms with Gasteiger partial charge in [0.1, 0.15) is 5.75 Å². The van der Waals surface area contributed by atoms with Gasteiger partial charge in [0.25, 0.3) is 0 Å². The van der Waals surface area contributed by atoms with Gasteiger partial charge in [-0.2, -0.15) is 5.26 Å². The summed E-state index contributed by atoms with van der Waals surface area (Å²) >= 11 is 0. The summed E-state index contributed by atoms with van der Waals surface area (Å²) in [6.07, 6.45) is 1.71. The second-order valence-electron chi connectivity index (χ2n) is 4.64. The van der Waals surface area contributed by atoms with E-state index in [4.69, 9.17) is 10.00 Å². The number of benzene rings is 1. The second-order valence-corrected chi connectivity index (χ2v) is 4.64. The van der Waals surface area contributed by atoms with Gasteiger partial charge in [-0.05, 0) is 38.0 Å². The van der Waals surface area contributed by atoms with Crippen LogP contribution in [0.25, 0.3) is 0 Å². The normalized spacial score (nSPS) is 12.2. The van der Waals surface area contributed by atoms with Crippen LogP contribution in [0.1, 0.15) is 32.8 Å². The maximum absolute atomic E-state index is 8.99. The van der Waals surface area contributed by atoms with E-state index in [0.717, 1.165) is 12.2 Å². The van der Waals surface area contributed by atoms with Crippen LogP contribution >= 0.6 is 0 Å². The molecule has 1 atom stereocenters. The molecule has 0 aliphatic rings. The van der Waals surface area contributed by atoms with Gasteiger partial charge in [0, 0.05) is 12.5 Å². The monoisotopic (exact) mass is 246 g/mol. The van der Waals surface area contributed by atoms with Crippen molar-refractivity contribution in [1.29, 1.82) is 5.26 Å². The minimum absolute atomic E-state index is 0.139. The Balaban J connectivity index is 2.38. The fourth-order valence-corrected chi connectivity index (χ4v) is 1.74. The Kier molecular flexibility index (Phi) is 6.24. The van der Waals surface area contributed by atoms with Crippen LogP contribution in [0, 0.1) is 11.3 Å². The molecule has 1 aromatic rings. The molecule has 1 unspecified atom stereocenters. The minimum Gasteiger partial charge on any atom is -0.493 e. The molecular formula is C15H22N2O. The molecule has 0 aliphatic heterocycles. The van der Waals surface area contributed by atoms with Gasteiger partial charge in [0.15, 0.2) is 0 Å². The first-order chi connectivity index (χ1) is 8.65. The van der Waals surface area contributed by atoms with Crippen molar-refractivity contribution in [2.24, 2.45) is 0 Å². The molecule has 0 saturated heterocycles. The van der Waals surface area contributed by atoms with Gasteiger partial charge in [-0.15, -0.1) is 0 Å². The zero-order valence-electron chi connectivity index (χ0n) is 11.4. The van der Waals surface area contributed by atoms with Crippen molar-refractivity contribution in [2.45, 2.75) is 45.7 Å². The van der Waals surface area contributed by atoms with Gasteiger partial charge < -0.3 is 4.74 Å². The van der Waals surface area contributed by atoms with Crippen molar-refractivity contribution >= 4 is 0 Å². The molecule has 3 heteroatoms. The maximum Gasteiger partial charge on any atom is 0.119 e. The lowest BCUT2D eigenvalue weighted by Gasteiger charge is -2.15. The molecule has 0 bridgehead atoms. The fourth-order valence-electron chi connectivity index (χ4n) is 1.74. The van der Waals surface area contributed by atoms with Crippen LogP contribution in [-0.2, 0) is 6.42 Å². The standard InChI is InChI=1S/C15H22N2O/c1-4-13-6-5-7-15(10-13)18-9-8-14(11-16)17-12(2)3/h5-7,10,12,14,17H,4,8-9H2,1-3H3. The lowest BCUT2D eigenvalue weighted by molar-refractivity contribution is 0.294. The molecule has 1 N–H and O–H groups in total. The SMILES string of the molecule is CCc1cccc(OCCC(C#N)NC(C)C)c1. The molecule has 1 rings (SSSR count). The highest BCUT2D eigenvalue weighted by molar-refractivity contribution is 5.28. The highest BCUT2D eigenvalue weighted by atomic mass is 16.5. The van der Waals surface area contributed by atoms with E-state index in [1.807, 2.05) is 26.0 Å². The highest BCUT2D eigenvalue weighted by Crippen LogP contribution is 2.14. The third-order valence-corrected chi connectivity index (χ3v) is 2.67. The summed E-state index contributed by atoms with van der Waals surface area (Å²) < 4.78 is 5.67. The number of nitrogens with zero attached hydrogens (tertiary/aromatic N) is 1. The number of nitriles is 1. The third-order valence-electron chi connectivity index (χ3n) is 2.67. The summed E-state index contributed by atoms with van der Waals surface area (Å²) in [7, 11) is 0. The average molecular weight is 246 g/mol. The van der Waals surface area contributed by atoms with E-state index in [1.54, 1.807) is 0 Å². The van der Waals surface area contributed by atoms with Gasteiger partial charge >= 0.3 is 0 Å². The predicted molar refractivity (Wildman–Crippen MR) is 73.6 cm³/mol. The topological polar surface area (TPSA) is 45.0 Å². The Hall–Kier alpha value is -1.53. The lowest BCUT2D eigenvalue weighted by Crippen LogP contribution is -2.34. The Labute approximate surface area is 110 Å². The smallest absolute Gasteiger partial charge is 0.119 e. The first-order valence-electron chi connectivity index (χ1n) is 6.53. The highest BCUT2D eigenvalue weighted by Gasteiger charge is 2.08. The number of ether oxygens (including phenoxy) is 1. The summed E-state index contributed by atoms with van der Waals surface area (Å²) in [5, 5.41) is 12.2. The van der Waals surface area contributed by atoms with Crippen LogP contribution in [0.15, 0.2) is 24.3 Å². The minimum atomic E-state index is -0.139. The molecule has 0 aromatic heterocycles. The number of nitrogens with one attached hydrogen (secondary N) is 1. The number of hydrogen-bond donors (Lipinski definition) is 1. The molecule has 0 radical (unpaired) electrons. The summed E-state index contributed by atoms with van der Waals surface area (Å²) in [5.41, 5.74) is 1.27. The van der Waals surface area contributed by atoms with E-state index >= 15 is 0 Å². The predicted octanol–water partition coefficient (Wildman–Crippen LogP) is 2.91. The molecule has 0 aliphatic carbocycles. The molecule has 18 heavy (non-hydrogen) atoms. The second kappa shape index (κ2) is 7.73. The fraction of sp³-hybridized carbons (Fsp3) is 0.533. The van der Waals surface area contributed by atoms with Gasteiger partial charge in [-0.25, -0.2) is 0 Å². The summed E-state index contributed by atoms with van der Waals surface area (Å²) in [6, 6.07) is 10.5. The zero-order chi connectivity index (χ0) is 13.4. The van der Waals surface area contributed by atoms with Crippen LogP contribution in [0.5, 0.6) is 5.75 Å². The molecule has 0 amide bonds. The Morgan fingerprint density at radius 2 is 2.17 bits per heavy atom. The van der Waals surface area contributed by atoms with Crippen molar-refractivity contribution in [3.63, 3.8) is 0 Å². The molecule has 0 fully saturated rings. The van der Waals surface area contributed by atoms with Crippen LogP contribution in [-0.4, -0.2) is 18.7 Å². The number of aryl methyl sites for hydroxylation is 1. The first-order valence-corrected chi connectivity index (χ1v) is 6.53. The van der Waals surface area contributed by atoms with Crippen LogP contribution in [0.2, 0.25) is 0 Å². The molecule has 1 aromatic carbocycles. The van der Waals surface area contributed by atoms with Crippen molar-refractivity contribution in [2.75, 3.05) is 6.61 Å². The average Bonchev–Trinajstić information content (AvgIpc) is 2.37. The van der Waals surface area contributed by atoms with E-state index in [2.05, 4.69) is 30.4 Å². The van der Waals surface area contributed by atoms with Gasteiger partial charge in [0.2, 0.25) is 0 Å². The number of rotatable bonds is 7. The van der Waals surface area contributed by atoms with E-state index in [-0.39, 0.29) is 6.04 Å². The lowest BCUT2D eigenvalue weighted by atomic mass is 10.1. The summed E-state index contributed by atoms with van der Waals surface area (Å²) in [5.74, 6) is 0.885. The summed E-state index contributed by atoms with van der Waals surface area (Å²) in [6.45, 7) is 6.76. The van der Waals surface area contributed by atoms with E-state index in [0.29, 0.717) is 19.1 Å². The first kappa shape index (κ1) is 14.5. The van der Waals surface area contributed by atoms with Crippen molar-refractivity contribution in [1.82, 2.24) is 5.32 Å². The quantitative estimate of drug-likeness (QED) is 0.804. The van der Waals surface area contributed by atoms with Crippen molar-refractivity contribution in [3.05, 3.63) is 29.8 Å². The van der Waals surface area contributed by atoms with Crippen molar-refractivity contribution < 1.29 is 4.74 Å². The molecular weight excluding hydrogens is 224 g/mol. The van der Waals surface area contributed by atoms with Gasteiger partial charge in [-0.1, -0.05) is 19.1 Å². The Morgan fingerprint density at radius 3 is 2.78 bits per heavy atom. The largest absolute Gasteiger partial charge is 0.493 e. The van der Waals surface area contributed by atoms with Crippen LogP contribution in [0.3, 0.4) is 0 Å². The number of hydrogen-bond acceptors (Lipinski definition) is 3. The maximum atomic E-state index is 8.99. The Bertz CT molecular complexity index is 396. The van der Waals surface area contributed by atoms with Gasteiger partial charge in [-0.3, -0.25) is 5.32 Å². The Morgan fingerprint density at radius 1 is 1.39 bits per heavy atom. The van der Waals surface area contributed by atoms with E-state index in [1.165, 1.54) is 5.56 Å². The molecule has 0 spiro atoms. The van der Waals surface area contributed by atoms with Crippen LogP contribution < -0.4 is 10.1 Å². The molecule has 0 heterocycles. The molecule has 3 nitrogen and oxygen atoms in total. The zero-order valence-corrected chi connectivity index (χ0v) is 11.4. The van der Waals surface area contributed by atoms with Gasteiger partial charge in [0.05, 0.1) is 18.7 Å². The van der Waals surface area contributed by atoms with Crippen molar-refractivity contribution in [3.8, 4) is 11.8 Å². The van der Waals surface area contributed by atoms with E-state index in [9.17, 15) is 0 Å².